The van der Waals surface area contributed by atoms with Gasteiger partial charge < -0.3 is 9.64 Å². The Labute approximate surface area is 54.6 Å². The van der Waals surface area contributed by atoms with Crippen LogP contribution in [0.15, 0.2) is 0 Å². The molecule has 52 valence electrons. The van der Waals surface area contributed by atoms with Crippen LogP contribution in [0.4, 0.5) is 0 Å². The predicted octanol–water partition coefficient (Wildman–Crippen LogP) is -0.135. The highest BCUT2D eigenvalue weighted by Gasteiger charge is 2.17. The normalized spacial score (nSPS) is 17.4. The second kappa shape index (κ2) is 2.82. The van der Waals surface area contributed by atoms with Gasteiger partial charge in [0.2, 0.25) is 0 Å². The van der Waals surface area contributed by atoms with Crippen LogP contribution in [0.25, 0.3) is 0 Å². The van der Waals surface area contributed by atoms with E-state index in [1.807, 2.05) is 0 Å². The van der Waals surface area contributed by atoms with Crippen LogP contribution in [0, 0.1) is 0 Å². The van der Waals surface area contributed by atoms with Crippen LogP contribution in [0.2, 0.25) is 0 Å². The van der Waals surface area contributed by atoms with Crippen LogP contribution in [-0.4, -0.2) is 37.6 Å². The van der Waals surface area contributed by atoms with E-state index >= 15 is 0 Å². The molecule has 0 bridgehead atoms. The van der Waals surface area contributed by atoms with Crippen LogP contribution in [-0.2, 0) is 9.53 Å². The molecule has 0 aromatic heterocycles. The lowest BCUT2D eigenvalue weighted by molar-refractivity contribution is -0.140. The third-order valence-corrected chi connectivity index (χ3v) is 1.40. The molecule has 1 saturated heterocycles. The number of methoxy groups -OCH3 is 1. The van der Waals surface area contributed by atoms with Crippen LogP contribution in [0.1, 0.15) is 6.42 Å². The van der Waals surface area contributed by atoms with Crippen molar-refractivity contribution in [2.24, 2.45) is 0 Å². The maximum absolute atomic E-state index is 10.5. The molecular weight excluding hydrogens is 118 g/mol. The van der Waals surface area contributed by atoms with Gasteiger partial charge in [-0.2, -0.15) is 0 Å². The first-order chi connectivity index (χ1) is 4.33. The van der Waals surface area contributed by atoms with E-state index in [-0.39, 0.29) is 5.97 Å². The van der Waals surface area contributed by atoms with Gasteiger partial charge in [0.05, 0.1) is 13.5 Å². The molecule has 3 heteroatoms. The molecule has 0 radical (unpaired) electrons. The van der Waals surface area contributed by atoms with Gasteiger partial charge in [0.1, 0.15) is 0 Å². The third-order valence-electron chi connectivity index (χ3n) is 1.40. The first-order valence-corrected chi connectivity index (χ1v) is 3.12. The van der Waals surface area contributed by atoms with E-state index in [0.29, 0.717) is 6.42 Å². The first kappa shape index (κ1) is 6.55. The molecule has 1 aliphatic heterocycles. The molecule has 1 rings (SSSR count). The highest BCUT2D eigenvalue weighted by Crippen LogP contribution is 2.03. The highest BCUT2D eigenvalue weighted by molar-refractivity contribution is 5.69. The number of hydrogen-bond acceptors (Lipinski definition) is 3. The van der Waals surface area contributed by atoms with E-state index in [1.165, 1.54) is 7.11 Å². The molecule has 0 spiro atoms. The van der Waals surface area contributed by atoms with Gasteiger partial charge in [-0.05, 0) is 0 Å². The first-order valence-electron chi connectivity index (χ1n) is 3.12. The van der Waals surface area contributed by atoms with Gasteiger partial charge in [0, 0.05) is 19.6 Å². The van der Waals surface area contributed by atoms with E-state index in [9.17, 15) is 4.79 Å². The molecule has 0 atom stereocenters. The molecule has 3 nitrogen and oxygen atoms in total. The van der Waals surface area contributed by atoms with Crippen molar-refractivity contribution in [1.82, 2.24) is 4.90 Å². The summed E-state index contributed by atoms with van der Waals surface area (Å²) in [6.45, 7) is 3.17. The van der Waals surface area contributed by atoms with E-state index in [1.54, 1.807) is 0 Å². The highest BCUT2D eigenvalue weighted by atomic mass is 16.5. The quantitative estimate of drug-likeness (QED) is 0.392. The summed E-state index contributed by atoms with van der Waals surface area (Å²) >= 11 is 0. The fraction of sp³-hybridized carbons (Fsp3) is 0.833. The number of carbonyl (C=O) groups is 1. The second-order valence-corrected chi connectivity index (χ2v) is 2.17. The number of hydrogen-bond donors (Lipinski definition) is 0. The molecule has 0 unspecified atom stereocenters. The Morgan fingerprint density at radius 1 is 1.67 bits per heavy atom. The van der Waals surface area contributed by atoms with Crippen LogP contribution in [0.3, 0.4) is 0 Å². The van der Waals surface area contributed by atoms with E-state index < -0.39 is 0 Å². The number of ether oxygens (including phenoxy) is 1. The molecule has 0 aromatic rings. The number of nitrogens with zero attached hydrogens (tertiary/aromatic N) is 1. The molecule has 0 amide bonds. The molecule has 1 fully saturated rings. The fourth-order valence-corrected chi connectivity index (χ4v) is 0.646. The van der Waals surface area contributed by atoms with Crippen molar-refractivity contribution in [2.75, 3.05) is 26.7 Å². The standard InChI is InChI=1S/C6H11NO2/c1-9-6(8)2-3-7-4-5-7/h2-5H2,1H3. The third kappa shape index (κ3) is 2.46. The van der Waals surface area contributed by atoms with Crippen LogP contribution in [0.5, 0.6) is 0 Å². The van der Waals surface area contributed by atoms with E-state index in [2.05, 4.69) is 9.64 Å². The van der Waals surface area contributed by atoms with Gasteiger partial charge in [-0.15, -0.1) is 0 Å². The largest absolute Gasteiger partial charge is 0.469 e. The summed E-state index contributed by atoms with van der Waals surface area (Å²) in [7, 11) is 1.42. The lowest BCUT2D eigenvalue weighted by atomic mass is 10.4. The molecule has 1 heterocycles. The topological polar surface area (TPSA) is 29.3 Å². The minimum absolute atomic E-state index is 0.109. The van der Waals surface area contributed by atoms with Gasteiger partial charge in [0.15, 0.2) is 0 Å². The Kier molecular flexibility index (Phi) is 2.05. The average Bonchev–Trinajstić information content (AvgIpc) is 2.65. The van der Waals surface area contributed by atoms with Crippen molar-refractivity contribution in [3.63, 3.8) is 0 Å². The lowest BCUT2D eigenvalue weighted by Crippen LogP contribution is -2.08. The Bertz CT molecular complexity index is 110. The lowest BCUT2D eigenvalue weighted by Gasteiger charge is -1.97. The van der Waals surface area contributed by atoms with Gasteiger partial charge in [-0.3, -0.25) is 4.79 Å². The van der Waals surface area contributed by atoms with E-state index in [4.69, 9.17) is 0 Å². The summed E-state index contributed by atoms with van der Waals surface area (Å²) in [4.78, 5) is 12.7. The van der Waals surface area contributed by atoms with Gasteiger partial charge >= 0.3 is 5.97 Å². The zero-order valence-corrected chi connectivity index (χ0v) is 5.59. The van der Waals surface area contributed by atoms with Crippen molar-refractivity contribution < 1.29 is 9.53 Å². The van der Waals surface area contributed by atoms with Gasteiger partial charge in [-0.1, -0.05) is 0 Å². The molecule has 9 heavy (non-hydrogen) atoms. The number of rotatable bonds is 3. The Morgan fingerprint density at radius 2 is 2.33 bits per heavy atom. The fourth-order valence-electron chi connectivity index (χ4n) is 0.646. The number of esters is 1. The summed E-state index contributed by atoms with van der Waals surface area (Å²) < 4.78 is 4.46. The molecule has 0 N–H and O–H groups in total. The zero-order valence-electron chi connectivity index (χ0n) is 5.59. The zero-order chi connectivity index (χ0) is 6.69. The maximum Gasteiger partial charge on any atom is 0.306 e. The van der Waals surface area contributed by atoms with Crippen LogP contribution < -0.4 is 0 Å². The Balaban J connectivity index is 1.96. The van der Waals surface area contributed by atoms with Crippen LogP contribution >= 0.6 is 0 Å². The average molecular weight is 129 g/mol. The molecule has 0 aromatic carbocycles. The van der Waals surface area contributed by atoms with Crippen molar-refractivity contribution in [3.05, 3.63) is 0 Å². The summed E-state index contributed by atoms with van der Waals surface area (Å²) in [5.41, 5.74) is 0. The Hall–Kier alpha value is -0.570. The maximum atomic E-state index is 10.5. The Morgan fingerprint density at radius 3 is 2.78 bits per heavy atom. The SMILES string of the molecule is COC(=O)CCN1CC1. The second-order valence-electron chi connectivity index (χ2n) is 2.17. The minimum Gasteiger partial charge on any atom is -0.469 e. The smallest absolute Gasteiger partial charge is 0.306 e. The molecular formula is C6H11NO2. The van der Waals surface area contributed by atoms with Crippen molar-refractivity contribution in [2.45, 2.75) is 6.42 Å². The predicted molar refractivity (Wildman–Crippen MR) is 33.1 cm³/mol. The van der Waals surface area contributed by atoms with Crippen molar-refractivity contribution >= 4 is 5.97 Å². The minimum atomic E-state index is -0.109. The molecule has 0 saturated carbocycles. The summed E-state index contributed by atoms with van der Waals surface area (Å²) in [6, 6.07) is 0. The van der Waals surface area contributed by atoms with Crippen molar-refractivity contribution in [3.8, 4) is 0 Å². The van der Waals surface area contributed by atoms with Gasteiger partial charge in [0.25, 0.3) is 0 Å². The van der Waals surface area contributed by atoms with Crippen molar-refractivity contribution in [1.29, 1.82) is 0 Å². The summed E-state index contributed by atoms with van der Waals surface area (Å²) in [5.74, 6) is -0.109. The molecule has 0 aliphatic carbocycles. The monoisotopic (exact) mass is 129 g/mol. The number of carbonyl (C=O) groups excluding carboxylic acids is 1. The summed E-state index contributed by atoms with van der Waals surface area (Å²) in [5, 5.41) is 0. The van der Waals surface area contributed by atoms with E-state index in [0.717, 1.165) is 19.6 Å². The summed E-state index contributed by atoms with van der Waals surface area (Å²) in [6.07, 6.45) is 0.538. The van der Waals surface area contributed by atoms with Gasteiger partial charge in [-0.25, -0.2) is 0 Å². The molecule has 1 aliphatic rings.